The Labute approximate surface area is 78.2 Å². The molecule has 3 N–H and O–H groups in total. The Kier molecular flexibility index (Phi) is 3.10. The normalized spacial score (nSPS) is 12.4. The minimum Gasteiger partial charge on any atom is -0.480 e. The number of hydrogen-bond acceptors (Lipinski definition) is 5. The third kappa shape index (κ3) is 2.60. The SMILES string of the molecule is N[C@@H](CC(=O)c1nccs1)C(=O)O. The number of thiazole rings is 1. The number of aromatic nitrogens is 1. The number of carbonyl (C=O) groups excluding carboxylic acids is 1. The van der Waals surface area contributed by atoms with E-state index in [2.05, 4.69) is 4.98 Å². The van der Waals surface area contributed by atoms with E-state index in [1.807, 2.05) is 0 Å². The maximum absolute atomic E-state index is 11.2. The van der Waals surface area contributed by atoms with Gasteiger partial charge in [0.15, 0.2) is 10.8 Å². The zero-order valence-corrected chi connectivity index (χ0v) is 7.45. The minimum absolute atomic E-state index is 0.206. The van der Waals surface area contributed by atoms with Crippen molar-refractivity contribution in [1.29, 1.82) is 0 Å². The number of nitrogens with two attached hydrogens (primary N) is 1. The highest BCUT2D eigenvalue weighted by molar-refractivity contribution is 7.11. The van der Waals surface area contributed by atoms with Crippen LogP contribution in [0.4, 0.5) is 0 Å². The Bertz CT molecular complexity index is 310. The third-order valence-corrected chi connectivity index (χ3v) is 2.21. The van der Waals surface area contributed by atoms with Gasteiger partial charge >= 0.3 is 5.97 Å². The molecule has 1 heterocycles. The molecule has 0 aliphatic carbocycles. The van der Waals surface area contributed by atoms with Crippen molar-refractivity contribution in [2.75, 3.05) is 0 Å². The van der Waals surface area contributed by atoms with E-state index in [4.69, 9.17) is 10.8 Å². The van der Waals surface area contributed by atoms with Gasteiger partial charge in [0.1, 0.15) is 6.04 Å². The summed E-state index contributed by atoms with van der Waals surface area (Å²) in [6, 6.07) is -1.14. The molecular weight excluding hydrogens is 192 g/mol. The molecule has 6 heteroatoms. The average molecular weight is 200 g/mol. The van der Waals surface area contributed by atoms with Crippen LogP contribution in [0.3, 0.4) is 0 Å². The summed E-state index contributed by atoms with van der Waals surface area (Å²) in [4.78, 5) is 25.3. The largest absolute Gasteiger partial charge is 0.480 e. The number of aliphatic carboxylic acids is 1. The van der Waals surface area contributed by atoms with Crippen LogP contribution in [0.25, 0.3) is 0 Å². The summed E-state index contributed by atoms with van der Waals surface area (Å²) in [6.45, 7) is 0. The fourth-order valence-corrected chi connectivity index (χ4v) is 1.32. The predicted molar refractivity (Wildman–Crippen MR) is 46.7 cm³/mol. The first-order valence-electron chi connectivity index (χ1n) is 3.52. The lowest BCUT2D eigenvalue weighted by Gasteiger charge is -2.02. The van der Waals surface area contributed by atoms with E-state index in [9.17, 15) is 9.59 Å². The van der Waals surface area contributed by atoms with Gasteiger partial charge in [0.25, 0.3) is 0 Å². The molecule has 0 aromatic carbocycles. The maximum Gasteiger partial charge on any atom is 0.320 e. The van der Waals surface area contributed by atoms with Gasteiger partial charge < -0.3 is 10.8 Å². The summed E-state index contributed by atoms with van der Waals surface area (Å²) >= 11 is 1.18. The Hall–Kier alpha value is -1.27. The first kappa shape index (κ1) is 9.82. The molecule has 0 amide bonds. The van der Waals surface area contributed by atoms with Crippen LogP contribution in [-0.4, -0.2) is 27.9 Å². The summed E-state index contributed by atoms with van der Waals surface area (Å²) in [6.07, 6.45) is 1.28. The lowest BCUT2D eigenvalue weighted by Crippen LogP contribution is -2.32. The number of carbonyl (C=O) groups is 2. The molecule has 5 nitrogen and oxygen atoms in total. The second kappa shape index (κ2) is 4.11. The summed E-state index contributed by atoms with van der Waals surface area (Å²) in [5.41, 5.74) is 5.18. The lowest BCUT2D eigenvalue weighted by molar-refractivity contribution is -0.138. The molecular formula is C7H8N2O3S. The van der Waals surface area contributed by atoms with Crippen molar-refractivity contribution in [3.63, 3.8) is 0 Å². The fraction of sp³-hybridized carbons (Fsp3) is 0.286. The van der Waals surface area contributed by atoms with Gasteiger partial charge in [0.2, 0.25) is 0 Å². The van der Waals surface area contributed by atoms with Crippen molar-refractivity contribution < 1.29 is 14.7 Å². The highest BCUT2D eigenvalue weighted by Crippen LogP contribution is 2.08. The van der Waals surface area contributed by atoms with Gasteiger partial charge in [-0.3, -0.25) is 9.59 Å². The second-order valence-electron chi connectivity index (χ2n) is 2.41. The maximum atomic E-state index is 11.2. The molecule has 1 rings (SSSR count). The number of ketones is 1. The lowest BCUT2D eigenvalue weighted by atomic mass is 10.1. The highest BCUT2D eigenvalue weighted by atomic mass is 32.1. The van der Waals surface area contributed by atoms with Crippen LogP contribution in [0.15, 0.2) is 11.6 Å². The summed E-state index contributed by atoms with van der Waals surface area (Å²) < 4.78 is 0. The monoisotopic (exact) mass is 200 g/mol. The molecule has 0 spiro atoms. The number of carboxylic acid groups (broad SMARTS) is 1. The number of hydrogen-bond donors (Lipinski definition) is 2. The Morgan fingerprint density at radius 2 is 2.38 bits per heavy atom. The van der Waals surface area contributed by atoms with E-state index in [-0.39, 0.29) is 12.2 Å². The molecule has 0 unspecified atom stereocenters. The summed E-state index contributed by atoms with van der Waals surface area (Å²) in [7, 11) is 0. The molecule has 1 aromatic rings. The van der Waals surface area contributed by atoms with Gasteiger partial charge in [0.05, 0.1) is 0 Å². The summed E-state index contributed by atoms with van der Waals surface area (Å²) in [5.74, 6) is -1.50. The van der Waals surface area contributed by atoms with Crippen molar-refractivity contribution in [3.05, 3.63) is 16.6 Å². The van der Waals surface area contributed by atoms with Crippen LogP contribution < -0.4 is 5.73 Å². The van der Waals surface area contributed by atoms with Crippen molar-refractivity contribution in [3.8, 4) is 0 Å². The standard InChI is InChI=1S/C7H8N2O3S/c8-4(7(11)12)3-5(10)6-9-1-2-13-6/h1-2,4H,3,8H2,(H,11,12)/t4-/m0/s1. The molecule has 1 atom stereocenters. The van der Waals surface area contributed by atoms with Crippen molar-refractivity contribution in [1.82, 2.24) is 4.98 Å². The molecule has 1 aromatic heterocycles. The molecule has 70 valence electrons. The Morgan fingerprint density at radius 1 is 1.69 bits per heavy atom. The van der Waals surface area contributed by atoms with Gasteiger partial charge in [-0.25, -0.2) is 4.98 Å². The average Bonchev–Trinajstić information content (AvgIpc) is 2.55. The van der Waals surface area contributed by atoms with E-state index in [0.29, 0.717) is 5.01 Å². The van der Waals surface area contributed by atoms with E-state index in [1.54, 1.807) is 5.38 Å². The first-order valence-corrected chi connectivity index (χ1v) is 4.40. The molecule has 0 radical (unpaired) electrons. The second-order valence-corrected chi connectivity index (χ2v) is 3.30. The highest BCUT2D eigenvalue weighted by Gasteiger charge is 2.18. The molecule has 0 bridgehead atoms. The fourth-order valence-electron chi connectivity index (χ4n) is 0.736. The third-order valence-electron chi connectivity index (χ3n) is 1.39. The quantitative estimate of drug-likeness (QED) is 0.674. The van der Waals surface area contributed by atoms with Crippen LogP contribution in [0.2, 0.25) is 0 Å². The van der Waals surface area contributed by atoms with E-state index >= 15 is 0 Å². The van der Waals surface area contributed by atoms with Gasteiger partial charge in [-0.2, -0.15) is 0 Å². The van der Waals surface area contributed by atoms with Crippen LogP contribution >= 0.6 is 11.3 Å². The van der Waals surface area contributed by atoms with E-state index < -0.39 is 12.0 Å². The predicted octanol–water partition coefficient (Wildman–Crippen LogP) is 0.128. The van der Waals surface area contributed by atoms with Crippen molar-refractivity contribution in [2.45, 2.75) is 12.5 Å². The smallest absolute Gasteiger partial charge is 0.320 e. The minimum atomic E-state index is -1.18. The van der Waals surface area contributed by atoms with Crippen LogP contribution in [0.5, 0.6) is 0 Å². The number of rotatable bonds is 4. The molecule has 0 aliphatic rings. The Morgan fingerprint density at radius 3 is 2.85 bits per heavy atom. The number of Topliss-reactive ketones (excluding diaryl/α,β-unsaturated/α-hetero) is 1. The number of carboxylic acids is 1. The molecule has 0 fully saturated rings. The zero-order valence-electron chi connectivity index (χ0n) is 6.64. The molecule has 13 heavy (non-hydrogen) atoms. The first-order chi connectivity index (χ1) is 6.11. The van der Waals surface area contributed by atoms with Crippen molar-refractivity contribution in [2.24, 2.45) is 5.73 Å². The Balaban J connectivity index is 2.56. The van der Waals surface area contributed by atoms with Crippen LogP contribution in [-0.2, 0) is 4.79 Å². The van der Waals surface area contributed by atoms with Gasteiger partial charge in [-0.05, 0) is 0 Å². The topological polar surface area (TPSA) is 93.3 Å². The molecule has 0 saturated carbocycles. The van der Waals surface area contributed by atoms with E-state index in [0.717, 1.165) is 0 Å². The van der Waals surface area contributed by atoms with Gasteiger partial charge in [-0.15, -0.1) is 11.3 Å². The molecule has 0 aliphatic heterocycles. The van der Waals surface area contributed by atoms with Crippen molar-refractivity contribution >= 4 is 23.1 Å². The zero-order chi connectivity index (χ0) is 9.84. The van der Waals surface area contributed by atoms with Gasteiger partial charge in [-0.1, -0.05) is 0 Å². The number of nitrogens with zero attached hydrogens (tertiary/aromatic N) is 1. The van der Waals surface area contributed by atoms with Gasteiger partial charge in [0, 0.05) is 18.0 Å². The summed E-state index contributed by atoms with van der Waals surface area (Å²) in [5, 5.41) is 10.4. The van der Waals surface area contributed by atoms with Crippen LogP contribution in [0, 0.1) is 0 Å². The van der Waals surface area contributed by atoms with E-state index in [1.165, 1.54) is 17.5 Å². The van der Waals surface area contributed by atoms with Crippen LogP contribution in [0.1, 0.15) is 16.2 Å². The molecule has 0 saturated heterocycles.